The molecule has 1 heterocycles. The molecule has 4 heteroatoms. The fourth-order valence-electron chi connectivity index (χ4n) is 0.600. The van der Waals surface area contributed by atoms with Crippen LogP contribution in [-0.4, -0.2) is 20.8 Å². The molecule has 0 radical (unpaired) electrons. The summed E-state index contributed by atoms with van der Waals surface area (Å²) in [6, 6.07) is 0. The Labute approximate surface area is 54.5 Å². The van der Waals surface area contributed by atoms with Crippen molar-refractivity contribution >= 4 is 10.1 Å². The summed E-state index contributed by atoms with van der Waals surface area (Å²) in [5.74, 6) is 0.115. The van der Waals surface area contributed by atoms with Gasteiger partial charge in [0.1, 0.15) is 0 Å². The van der Waals surface area contributed by atoms with E-state index in [9.17, 15) is 8.42 Å². The Morgan fingerprint density at radius 1 is 1.33 bits per heavy atom. The van der Waals surface area contributed by atoms with Crippen molar-refractivity contribution in [3.8, 4) is 0 Å². The van der Waals surface area contributed by atoms with Crippen molar-refractivity contribution in [3.05, 3.63) is 12.2 Å². The van der Waals surface area contributed by atoms with Gasteiger partial charge >= 0.3 is 0 Å². The maximum atomic E-state index is 10.6. The van der Waals surface area contributed by atoms with Gasteiger partial charge in [0.05, 0.1) is 12.4 Å². The molecule has 0 aromatic heterocycles. The fourth-order valence-corrected chi connectivity index (χ4v) is 1.43. The highest BCUT2D eigenvalue weighted by molar-refractivity contribution is 7.86. The van der Waals surface area contributed by atoms with Gasteiger partial charge in [0, 0.05) is 0 Å². The zero-order valence-corrected chi connectivity index (χ0v) is 5.73. The first-order valence-corrected chi connectivity index (χ1v) is 4.30. The molecule has 0 spiro atoms. The molecule has 3 nitrogen and oxygen atoms in total. The lowest BCUT2D eigenvalue weighted by atomic mass is 10.4. The molecule has 0 N–H and O–H groups in total. The zero-order valence-electron chi connectivity index (χ0n) is 4.91. The van der Waals surface area contributed by atoms with Gasteiger partial charge in [-0.3, -0.25) is 4.18 Å². The van der Waals surface area contributed by atoms with Crippen molar-refractivity contribution in [1.29, 1.82) is 0 Å². The molecule has 0 aromatic rings. The molecule has 52 valence electrons. The predicted octanol–water partition coefficient (Wildman–Crippen LogP) is 0.293. The highest BCUT2D eigenvalue weighted by atomic mass is 32.2. The first-order chi connectivity index (χ1) is 4.21. The second kappa shape index (κ2) is 2.49. The molecule has 0 saturated carbocycles. The lowest BCUT2D eigenvalue weighted by molar-refractivity contribution is 0.360. The monoisotopic (exact) mass is 148 g/mol. The molecule has 0 aliphatic carbocycles. The molecule has 1 aliphatic rings. The molecule has 0 unspecified atom stereocenters. The van der Waals surface area contributed by atoms with E-state index < -0.39 is 10.1 Å². The second-order valence-electron chi connectivity index (χ2n) is 1.81. The summed E-state index contributed by atoms with van der Waals surface area (Å²) in [6.45, 7) is 0.197. The lowest BCUT2D eigenvalue weighted by Crippen LogP contribution is -2.07. The molecule has 0 saturated heterocycles. The Hall–Kier alpha value is -0.350. The van der Waals surface area contributed by atoms with Crippen LogP contribution in [0.25, 0.3) is 0 Å². The molecular weight excluding hydrogens is 140 g/mol. The smallest absolute Gasteiger partial charge is 0.266 e. The van der Waals surface area contributed by atoms with Crippen LogP contribution in [0.1, 0.15) is 6.42 Å². The van der Waals surface area contributed by atoms with Crippen molar-refractivity contribution < 1.29 is 12.6 Å². The van der Waals surface area contributed by atoms with Gasteiger partial charge in [-0.2, -0.15) is 8.42 Å². The highest BCUT2D eigenvalue weighted by Gasteiger charge is 2.10. The quantitative estimate of drug-likeness (QED) is 0.366. The van der Waals surface area contributed by atoms with Gasteiger partial charge < -0.3 is 0 Å². The van der Waals surface area contributed by atoms with Crippen LogP contribution >= 0.6 is 0 Å². The third kappa shape index (κ3) is 2.15. The van der Waals surface area contributed by atoms with E-state index in [4.69, 9.17) is 0 Å². The Kier molecular flexibility index (Phi) is 1.87. The molecule has 0 atom stereocenters. The number of hydrogen-bond donors (Lipinski definition) is 0. The second-order valence-corrected chi connectivity index (χ2v) is 3.57. The van der Waals surface area contributed by atoms with Gasteiger partial charge in [-0.05, 0) is 6.42 Å². The van der Waals surface area contributed by atoms with E-state index in [1.54, 1.807) is 6.08 Å². The first-order valence-electron chi connectivity index (χ1n) is 2.73. The van der Waals surface area contributed by atoms with Gasteiger partial charge in [-0.1, -0.05) is 12.2 Å². The Morgan fingerprint density at radius 2 is 2.11 bits per heavy atom. The first kappa shape index (κ1) is 6.77. The van der Waals surface area contributed by atoms with Crippen LogP contribution in [-0.2, 0) is 14.3 Å². The van der Waals surface area contributed by atoms with Crippen LogP contribution in [0.3, 0.4) is 0 Å². The normalized spacial score (nSPS) is 25.3. The zero-order chi connectivity index (χ0) is 6.74. The van der Waals surface area contributed by atoms with Crippen LogP contribution in [0.2, 0.25) is 0 Å². The van der Waals surface area contributed by atoms with E-state index in [0.717, 1.165) is 0 Å². The maximum Gasteiger partial charge on any atom is 0.267 e. The van der Waals surface area contributed by atoms with E-state index in [1.807, 2.05) is 6.08 Å². The molecule has 0 fully saturated rings. The number of rotatable bonds is 0. The standard InChI is InChI=1S/C5H8O3S/c6-9(7)5-3-1-2-4-8-9/h1-2H,3-5H2. The molecule has 1 aliphatic heterocycles. The van der Waals surface area contributed by atoms with E-state index >= 15 is 0 Å². The molecule has 9 heavy (non-hydrogen) atoms. The van der Waals surface area contributed by atoms with Crippen LogP contribution in [0.4, 0.5) is 0 Å². The van der Waals surface area contributed by atoms with Gasteiger partial charge in [0.25, 0.3) is 10.1 Å². The lowest BCUT2D eigenvalue weighted by Gasteiger charge is -1.95. The summed E-state index contributed by atoms with van der Waals surface area (Å²) in [6.07, 6.45) is 4.09. The van der Waals surface area contributed by atoms with Crippen LogP contribution in [0, 0.1) is 0 Å². The summed E-state index contributed by atoms with van der Waals surface area (Å²) in [7, 11) is -3.18. The number of hydrogen-bond acceptors (Lipinski definition) is 3. The van der Waals surface area contributed by atoms with E-state index in [1.165, 1.54) is 0 Å². The summed E-state index contributed by atoms with van der Waals surface area (Å²) in [5, 5.41) is 0. The summed E-state index contributed by atoms with van der Waals surface area (Å²) < 4.78 is 25.7. The van der Waals surface area contributed by atoms with Crippen molar-refractivity contribution in [2.75, 3.05) is 12.4 Å². The maximum absolute atomic E-state index is 10.6. The summed E-state index contributed by atoms with van der Waals surface area (Å²) >= 11 is 0. The third-order valence-electron chi connectivity index (χ3n) is 1.05. The van der Waals surface area contributed by atoms with Crippen molar-refractivity contribution in [2.24, 2.45) is 0 Å². The van der Waals surface area contributed by atoms with Crippen LogP contribution in [0.15, 0.2) is 12.2 Å². The minimum Gasteiger partial charge on any atom is -0.266 e. The van der Waals surface area contributed by atoms with Gasteiger partial charge in [-0.25, -0.2) is 0 Å². The molecular formula is C5H8O3S. The minimum atomic E-state index is -3.18. The summed E-state index contributed by atoms with van der Waals surface area (Å²) in [4.78, 5) is 0. The van der Waals surface area contributed by atoms with Crippen LogP contribution in [0.5, 0.6) is 0 Å². The van der Waals surface area contributed by atoms with E-state index in [-0.39, 0.29) is 12.4 Å². The largest absolute Gasteiger partial charge is 0.267 e. The third-order valence-corrected chi connectivity index (χ3v) is 2.28. The molecule has 0 bridgehead atoms. The summed E-state index contributed by atoms with van der Waals surface area (Å²) in [5.41, 5.74) is 0. The van der Waals surface area contributed by atoms with Crippen molar-refractivity contribution in [3.63, 3.8) is 0 Å². The van der Waals surface area contributed by atoms with E-state index in [2.05, 4.69) is 4.18 Å². The number of allylic oxidation sites excluding steroid dienone is 1. The molecule has 0 amide bonds. The topological polar surface area (TPSA) is 43.4 Å². The average molecular weight is 148 g/mol. The van der Waals surface area contributed by atoms with Gasteiger partial charge in [0.15, 0.2) is 0 Å². The highest BCUT2D eigenvalue weighted by Crippen LogP contribution is 2.01. The van der Waals surface area contributed by atoms with Gasteiger partial charge in [-0.15, -0.1) is 0 Å². The minimum absolute atomic E-state index is 0.115. The SMILES string of the molecule is O=S1(=O)CCC=CCO1. The fraction of sp³-hybridized carbons (Fsp3) is 0.600. The Morgan fingerprint density at radius 3 is 2.89 bits per heavy atom. The van der Waals surface area contributed by atoms with Crippen molar-refractivity contribution in [2.45, 2.75) is 6.42 Å². The molecule has 1 rings (SSSR count). The predicted molar refractivity (Wildman–Crippen MR) is 33.5 cm³/mol. The van der Waals surface area contributed by atoms with Crippen LogP contribution < -0.4 is 0 Å². The average Bonchev–Trinajstić information content (AvgIpc) is 1.92. The Balaban J connectivity index is 2.66. The van der Waals surface area contributed by atoms with E-state index in [0.29, 0.717) is 6.42 Å². The molecule has 0 aromatic carbocycles. The van der Waals surface area contributed by atoms with Crippen molar-refractivity contribution in [1.82, 2.24) is 0 Å². The van der Waals surface area contributed by atoms with Gasteiger partial charge in [0.2, 0.25) is 0 Å². The Bertz CT molecular complexity index is 186.